The van der Waals surface area contributed by atoms with Crippen molar-refractivity contribution in [2.45, 2.75) is 9.37 Å². The van der Waals surface area contributed by atoms with E-state index in [-0.39, 0.29) is 5.69 Å². The van der Waals surface area contributed by atoms with Crippen LogP contribution in [-0.2, 0) is 14.1 Å². The van der Waals surface area contributed by atoms with Crippen LogP contribution in [0.1, 0.15) is 0 Å². The van der Waals surface area contributed by atoms with Crippen molar-refractivity contribution >= 4 is 46.5 Å². The molecule has 0 aromatic carbocycles. The Morgan fingerprint density at radius 3 is 2.89 bits per heavy atom. The fourth-order valence-electron chi connectivity index (χ4n) is 1.77. The summed E-state index contributed by atoms with van der Waals surface area (Å²) in [5.74, 6) is 0. The highest BCUT2D eigenvalue weighted by molar-refractivity contribution is 8.01. The van der Waals surface area contributed by atoms with E-state index in [9.17, 15) is 4.79 Å². The minimum absolute atomic E-state index is 0.170. The molecule has 1 N–H and O–H groups in total. The van der Waals surface area contributed by atoms with Crippen LogP contribution in [-0.4, -0.2) is 19.1 Å². The standard InChI is InChI=1S/C11H10N4OS3/c1-14-8-7(9(17)15(2)11(14)16)12-10(13-8)19-6-4-3-5-18-6/h3-5H,1-2H3,(H,12,13). The van der Waals surface area contributed by atoms with Crippen LogP contribution in [0, 0.1) is 4.64 Å². The maximum Gasteiger partial charge on any atom is 0.330 e. The summed E-state index contributed by atoms with van der Waals surface area (Å²) < 4.78 is 4.55. The lowest BCUT2D eigenvalue weighted by Crippen LogP contribution is -2.27. The van der Waals surface area contributed by atoms with E-state index in [1.807, 2.05) is 17.5 Å². The van der Waals surface area contributed by atoms with Crippen LogP contribution in [0.15, 0.2) is 31.7 Å². The van der Waals surface area contributed by atoms with Crippen molar-refractivity contribution in [3.63, 3.8) is 0 Å². The second-order valence-electron chi connectivity index (χ2n) is 3.98. The first-order valence-electron chi connectivity index (χ1n) is 5.45. The van der Waals surface area contributed by atoms with Crippen molar-refractivity contribution in [1.82, 2.24) is 19.1 Å². The maximum absolute atomic E-state index is 11.9. The number of imidazole rings is 1. The second-order valence-corrected chi connectivity index (χ2v) is 6.60. The quantitative estimate of drug-likeness (QED) is 0.739. The SMILES string of the molecule is Cn1c(=S)c2[nH]c(Sc3cccs3)nc2n(C)c1=O. The summed E-state index contributed by atoms with van der Waals surface area (Å²) in [6, 6.07) is 4.01. The van der Waals surface area contributed by atoms with Crippen LogP contribution in [0.3, 0.4) is 0 Å². The number of nitrogens with zero attached hydrogens (tertiary/aromatic N) is 3. The molecule has 8 heteroatoms. The van der Waals surface area contributed by atoms with Crippen LogP contribution in [0.2, 0.25) is 0 Å². The molecule has 0 amide bonds. The Labute approximate surface area is 121 Å². The molecule has 0 unspecified atom stereocenters. The molecule has 0 fully saturated rings. The van der Waals surface area contributed by atoms with Gasteiger partial charge in [0.05, 0.1) is 4.21 Å². The normalized spacial score (nSPS) is 11.3. The molecule has 3 rings (SSSR count). The van der Waals surface area contributed by atoms with Gasteiger partial charge < -0.3 is 4.98 Å². The molecular formula is C11H10N4OS3. The van der Waals surface area contributed by atoms with Crippen LogP contribution in [0.5, 0.6) is 0 Å². The van der Waals surface area contributed by atoms with E-state index in [1.54, 1.807) is 25.4 Å². The third-order valence-electron chi connectivity index (χ3n) is 2.77. The van der Waals surface area contributed by atoms with Gasteiger partial charge in [0.25, 0.3) is 0 Å². The Hall–Kier alpha value is -1.38. The molecular weight excluding hydrogens is 300 g/mol. The number of aromatic nitrogens is 4. The van der Waals surface area contributed by atoms with Gasteiger partial charge in [-0.15, -0.1) is 11.3 Å². The fourth-order valence-corrected chi connectivity index (χ4v) is 3.66. The van der Waals surface area contributed by atoms with Gasteiger partial charge in [0, 0.05) is 14.1 Å². The summed E-state index contributed by atoms with van der Waals surface area (Å²) in [6.45, 7) is 0. The minimum Gasteiger partial charge on any atom is -0.329 e. The van der Waals surface area contributed by atoms with E-state index in [0.29, 0.717) is 10.3 Å². The highest BCUT2D eigenvalue weighted by Gasteiger charge is 2.12. The second kappa shape index (κ2) is 4.62. The summed E-state index contributed by atoms with van der Waals surface area (Å²) in [5.41, 5.74) is 1.14. The first-order valence-corrected chi connectivity index (χ1v) is 7.55. The third-order valence-corrected chi connectivity index (χ3v) is 5.17. The lowest BCUT2D eigenvalue weighted by Gasteiger charge is -2.02. The number of nitrogens with one attached hydrogen (secondary N) is 1. The molecule has 0 saturated heterocycles. The number of thiophene rings is 1. The summed E-state index contributed by atoms with van der Waals surface area (Å²) in [4.78, 5) is 19.6. The fraction of sp³-hybridized carbons (Fsp3) is 0.182. The molecule has 5 nitrogen and oxygen atoms in total. The van der Waals surface area contributed by atoms with Crippen molar-refractivity contribution in [2.24, 2.45) is 14.1 Å². The van der Waals surface area contributed by atoms with E-state index in [0.717, 1.165) is 14.9 Å². The average molecular weight is 310 g/mol. The highest BCUT2D eigenvalue weighted by atomic mass is 32.2. The zero-order chi connectivity index (χ0) is 13.6. The monoisotopic (exact) mass is 310 g/mol. The number of aryl methyl sites for hydroxylation is 1. The summed E-state index contributed by atoms with van der Waals surface area (Å²) in [6.07, 6.45) is 0. The van der Waals surface area contributed by atoms with E-state index < -0.39 is 0 Å². The van der Waals surface area contributed by atoms with Crippen molar-refractivity contribution in [2.75, 3.05) is 0 Å². The third kappa shape index (κ3) is 2.05. The molecule has 0 aliphatic rings. The van der Waals surface area contributed by atoms with E-state index in [4.69, 9.17) is 12.2 Å². The Kier molecular flexibility index (Phi) is 3.08. The first-order chi connectivity index (χ1) is 9.08. The van der Waals surface area contributed by atoms with Gasteiger partial charge in [0.2, 0.25) is 0 Å². The smallest absolute Gasteiger partial charge is 0.329 e. The number of fused-ring (bicyclic) bond motifs is 1. The molecule has 3 heterocycles. The summed E-state index contributed by atoms with van der Waals surface area (Å²) in [5, 5.41) is 2.75. The lowest BCUT2D eigenvalue weighted by molar-refractivity contribution is 0.721. The van der Waals surface area contributed by atoms with Gasteiger partial charge >= 0.3 is 5.69 Å². The van der Waals surface area contributed by atoms with Crippen molar-refractivity contribution in [1.29, 1.82) is 0 Å². The largest absolute Gasteiger partial charge is 0.330 e. The molecule has 19 heavy (non-hydrogen) atoms. The van der Waals surface area contributed by atoms with Gasteiger partial charge in [-0.3, -0.25) is 9.13 Å². The predicted molar refractivity (Wildman–Crippen MR) is 79.6 cm³/mol. The number of H-pyrrole nitrogens is 1. The van der Waals surface area contributed by atoms with Crippen LogP contribution in [0.4, 0.5) is 0 Å². The van der Waals surface area contributed by atoms with Crippen molar-refractivity contribution in [3.8, 4) is 0 Å². The average Bonchev–Trinajstić information content (AvgIpc) is 3.04. The van der Waals surface area contributed by atoms with Gasteiger partial charge in [-0.1, -0.05) is 18.3 Å². The molecule has 0 radical (unpaired) electrons. The molecule has 0 bridgehead atoms. The predicted octanol–water partition coefficient (Wildman–Crippen LogP) is 2.54. The summed E-state index contributed by atoms with van der Waals surface area (Å²) >= 11 is 8.45. The Morgan fingerprint density at radius 2 is 2.21 bits per heavy atom. The molecule has 3 aromatic heterocycles. The van der Waals surface area contributed by atoms with Crippen molar-refractivity contribution < 1.29 is 0 Å². The molecule has 98 valence electrons. The summed E-state index contributed by atoms with van der Waals surface area (Å²) in [7, 11) is 3.36. The van der Waals surface area contributed by atoms with E-state index >= 15 is 0 Å². The molecule has 0 atom stereocenters. The van der Waals surface area contributed by atoms with Gasteiger partial charge in [-0.05, 0) is 23.2 Å². The Balaban J connectivity index is 2.21. The van der Waals surface area contributed by atoms with Gasteiger partial charge in [0.1, 0.15) is 10.2 Å². The van der Waals surface area contributed by atoms with Crippen molar-refractivity contribution in [3.05, 3.63) is 32.6 Å². The molecule has 3 aromatic rings. The molecule has 0 saturated carbocycles. The van der Waals surface area contributed by atoms with Crippen LogP contribution in [0.25, 0.3) is 11.2 Å². The van der Waals surface area contributed by atoms with Gasteiger partial charge in [0.15, 0.2) is 10.8 Å². The van der Waals surface area contributed by atoms with Crippen LogP contribution < -0.4 is 5.69 Å². The number of hydrogen-bond donors (Lipinski definition) is 1. The van der Waals surface area contributed by atoms with Gasteiger partial charge in [-0.2, -0.15) is 0 Å². The first kappa shape index (κ1) is 12.6. The minimum atomic E-state index is -0.170. The van der Waals surface area contributed by atoms with Crippen LogP contribution >= 0.6 is 35.3 Å². The number of aromatic amines is 1. The number of hydrogen-bond acceptors (Lipinski definition) is 5. The Bertz CT molecular complexity index is 857. The van der Waals surface area contributed by atoms with E-state index in [2.05, 4.69) is 9.97 Å². The number of rotatable bonds is 2. The maximum atomic E-state index is 11.9. The topological polar surface area (TPSA) is 55.6 Å². The Morgan fingerprint density at radius 1 is 1.42 bits per heavy atom. The van der Waals surface area contributed by atoms with Gasteiger partial charge in [-0.25, -0.2) is 9.78 Å². The molecule has 0 spiro atoms. The molecule has 0 aliphatic heterocycles. The zero-order valence-electron chi connectivity index (χ0n) is 10.2. The zero-order valence-corrected chi connectivity index (χ0v) is 12.7. The molecule has 0 aliphatic carbocycles. The lowest BCUT2D eigenvalue weighted by atomic mass is 10.5. The van der Waals surface area contributed by atoms with E-state index in [1.165, 1.54) is 20.9 Å². The highest BCUT2D eigenvalue weighted by Crippen LogP contribution is 2.30.